The van der Waals surface area contributed by atoms with Crippen molar-refractivity contribution in [3.8, 4) is 0 Å². The van der Waals surface area contributed by atoms with Gasteiger partial charge in [-0.05, 0) is 24.3 Å². The molecule has 1 aromatic heterocycles. The van der Waals surface area contributed by atoms with Crippen LogP contribution in [0.5, 0.6) is 0 Å². The Morgan fingerprint density at radius 1 is 1.37 bits per heavy atom. The summed E-state index contributed by atoms with van der Waals surface area (Å²) >= 11 is 1.53. The van der Waals surface area contributed by atoms with E-state index in [1.807, 2.05) is 32.3 Å². The molecule has 0 unspecified atom stereocenters. The molecule has 0 saturated heterocycles. The van der Waals surface area contributed by atoms with Gasteiger partial charge in [0.25, 0.3) is 0 Å². The minimum atomic E-state index is -0.378. The first-order chi connectivity index (χ1) is 9.06. The van der Waals surface area contributed by atoms with Gasteiger partial charge in [-0.15, -0.1) is 11.3 Å². The lowest BCUT2D eigenvalue weighted by atomic mass is 10.2. The predicted octanol–water partition coefficient (Wildman–Crippen LogP) is 2.53. The molecule has 100 valence electrons. The molecule has 1 heterocycles. The van der Waals surface area contributed by atoms with E-state index in [4.69, 9.17) is 5.73 Å². The molecule has 1 amide bonds. The lowest BCUT2D eigenvalue weighted by Gasteiger charge is -2.14. The van der Waals surface area contributed by atoms with E-state index in [0.29, 0.717) is 12.1 Å². The van der Waals surface area contributed by atoms with Crippen molar-refractivity contribution in [2.75, 3.05) is 24.3 Å². The summed E-state index contributed by atoms with van der Waals surface area (Å²) in [7, 11) is 4.02. The van der Waals surface area contributed by atoms with Crippen LogP contribution in [0.25, 0.3) is 0 Å². The highest BCUT2D eigenvalue weighted by Crippen LogP contribution is 2.20. The second-order valence-electron chi connectivity index (χ2n) is 4.46. The van der Waals surface area contributed by atoms with Crippen molar-refractivity contribution < 1.29 is 4.79 Å². The molecule has 0 radical (unpaired) electrons. The van der Waals surface area contributed by atoms with Crippen molar-refractivity contribution in [1.82, 2.24) is 0 Å². The van der Waals surface area contributed by atoms with E-state index < -0.39 is 0 Å². The molecule has 0 aliphatic carbocycles. The molecule has 0 fully saturated rings. The minimum Gasteiger partial charge on any atom is -0.380 e. The number of nitrogens with zero attached hydrogens (tertiary/aromatic N) is 1. The number of anilines is 2. The van der Waals surface area contributed by atoms with Gasteiger partial charge in [0, 0.05) is 42.3 Å². The number of rotatable bonds is 5. The zero-order chi connectivity index (χ0) is 13.8. The van der Waals surface area contributed by atoms with Crippen LogP contribution in [0.3, 0.4) is 0 Å². The van der Waals surface area contributed by atoms with Crippen LogP contribution >= 0.6 is 11.3 Å². The number of primary amides is 1. The van der Waals surface area contributed by atoms with Gasteiger partial charge in [-0.1, -0.05) is 6.07 Å². The SMILES string of the molecule is CN(C)c1cccc(NCc2cc(C(N)=O)cs2)c1. The highest BCUT2D eigenvalue weighted by molar-refractivity contribution is 7.10. The lowest BCUT2D eigenvalue weighted by Crippen LogP contribution is -2.09. The summed E-state index contributed by atoms with van der Waals surface area (Å²) in [6.45, 7) is 0.689. The van der Waals surface area contributed by atoms with Crippen LogP contribution in [-0.4, -0.2) is 20.0 Å². The van der Waals surface area contributed by atoms with Gasteiger partial charge < -0.3 is 16.0 Å². The van der Waals surface area contributed by atoms with E-state index in [1.165, 1.54) is 11.3 Å². The molecule has 4 nitrogen and oxygen atoms in total. The third-order valence-corrected chi connectivity index (χ3v) is 3.70. The number of benzene rings is 1. The molecule has 0 spiro atoms. The highest BCUT2D eigenvalue weighted by Gasteiger charge is 2.04. The Bertz CT molecular complexity index is 578. The first-order valence-electron chi connectivity index (χ1n) is 5.95. The van der Waals surface area contributed by atoms with Crippen LogP contribution in [-0.2, 0) is 6.54 Å². The first kappa shape index (κ1) is 13.4. The molecule has 0 aliphatic heterocycles. The fourth-order valence-corrected chi connectivity index (χ4v) is 2.50. The smallest absolute Gasteiger partial charge is 0.249 e. The van der Waals surface area contributed by atoms with Crippen LogP contribution in [0, 0.1) is 0 Å². The molecule has 3 N–H and O–H groups in total. The molecule has 0 aliphatic rings. The van der Waals surface area contributed by atoms with Gasteiger partial charge >= 0.3 is 0 Å². The number of carbonyl (C=O) groups is 1. The van der Waals surface area contributed by atoms with Gasteiger partial charge in [-0.2, -0.15) is 0 Å². The van der Waals surface area contributed by atoms with Crippen LogP contribution in [0.2, 0.25) is 0 Å². The molecular formula is C14H17N3OS. The van der Waals surface area contributed by atoms with E-state index in [-0.39, 0.29) is 5.91 Å². The summed E-state index contributed by atoms with van der Waals surface area (Å²) in [5.41, 5.74) is 8.01. The van der Waals surface area contributed by atoms with E-state index in [2.05, 4.69) is 22.3 Å². The number of carbonyl (C=O) groups excluding carboxylic acids is 1. The van der Waals surface area contributed by atoms with E-state index in [1.54, 1.807) is 5.38 Å². The lowest BCUT2D eigenvalue weighted by molar-refractivity contribution is 0.100. The quantitative estimate of drug-likeness (QED) is 0.881. The summed E-state index contributed by atoms with van der Waals surface area (Å²) in [5, 5.41) is 5.13. The van der Waals surface area contributed by atoms with Crippen molar-refractivity contribution in [3.05, 3.63) is 46.2 Å². The largest absolute Gasteiger partial charge is 0.380 e. The van der Waals surface area contributed by atoms with Gasteiger partial charge in [0.05, 0.1) is 5.56 Å². The third kappa shape index (κ3) is 3.48. The molecule has 19 heavy (non-hydrogen) atoms. The molecule has 5 heteroatoms. The number of thiophene rings is 1. The maximum Gasteiger partial charge on any atom is 0.249 e. The van der Waals surface area contributed by atoms with Gasteiger partial charge in [0.2, 0.25) is 5.91 Å². The summed E-state index contributed by atoms with van der Waals surface area (Å²) < 4.78 is 0. The van der Waals surface area contributed by atoms with Crippen molar-refractivity contribution in [1.29, 1.82) is 0 Å². The number of nitrogens with two attached hydrogens (primary N) is 1. The molecule has 2 rings (SSSR count). The Morgan fingerprint density at radius 3 is 2.79 bits per heavy atom. The Morgan fingerprint density at radius 2 is 2.16 bits per heavy atom. The fourth-order valence-electron chi connectivity index (χ4n) is 1.69. The van der Waals surface area contributed by atoms with Crippen LogP contribution in [0.15, 0.2) is 35.7 Å². The van der Waals surface area contributed by atoms with Gasteiger partial charge in [0.1, 0.15) is 0 Å². The Labute approximate surface area is 116 Å². The topological polar surface area (TPSA) is 58.4 Å². The van der Waals surface area contributed by atoms with E-state index in [9.17, 15) is 4.79 Å². The second-order valence-corrected chi connectivity index (χ2v) is 5.46. The highest BCUT2D eigenvalue weighted by atomic mass is 32.1. The third-order valence-electron chi connectivity index (χ3n) is 2.77. The number of nitrogens with one attached hydrogen (secondary N) is 1. The van der Waals surface area contributed by atoms with Crippen molar-refractivity contribution in [2.45, 2.75) is 6.54 Å². The fraction of sp³-hybridized carbons (Fsp3) is 0.214. The number of hydrogen-bond acceptors (Lipinski definition) is 4. The maximum absolute atomic E-state index is 11.0. The molecule has 1 aromatic carbocycles. The summed E-state index contributed by atoms with van der Waals surface area (Å²) in [4.78, 5) is 14.2. The average Bonchev–Trinajstić information content (AvgIpc) is 2.85. The summed E-state index contributed by atoms with van der Waals surface area (Å²) in [5.74, 6) is -0.378. The van der Waals surface area contributed by atoms with Crippen molar-refractivity contribution in [3.63, 3.8) is 0 Å². The zero-order valence-corrected chi connectivity index (χ0v) is 11.8. The second kappa shape index (κ2) is 5.75. The number of amides is 1. The predicted molar refractivity (Wildman–Crippen MR) is 80.9 cm³/mol. The molecule has 0 bridgehead atoms. The Kier molecular flexibility index (Phi) is 4.06. The van der Waals surface area contributed by atoms with Crippen LogP contribution in [0.4, 0.5) is 11.4 Å². The Balaban J connectivity index is 2.01. The van der Waals surface area contributed by atoms with E-state index >= 15 is 0 Å². The van der Waals surface area contributed by atoms with Crippen molar-refractivity contribution in [2.24, 2.45) is 5.73 Å². The van der Waals surface area contributed by atoms with E-state index in [0.717, 1.165) is 16.3 Å². The van der Waals surface area contributed by atoms with Crippen molar-refractivity contribution >= 4 is 28.6 Å². The normalized spacial score (nSPS) is 10.2. The van der Waals surface area contributed by atoms with Gasteiger partial charge in [-0.25, -0.2) is 0 Å². The standard InChI is InChI=1S/C14H17N3OS/c1-17(2)12-5-3-4-11(7-12)16-8-13-6-10(9-19-13)14(15)18/h3-7,9,16H,8H2,1-2H3,(H2,15,18). The van der Waals surface area contributed by atoms with Gasteiger partial charge in [0.15, 0.2) is 0 Å². The monoisotopic (exact) mass is 275 g/mol. The van der Waals surface area contributed by atoms with Crippen LogP contribution in [0.1, 0.15) is 15.2 Å². The summed E-state index contributed by atoms with van der Waals surface area (Å²) in [6.07, 6.45) is 0. The minimum absolute atomic E-state index is 0.378. The first-order valence-corrected chi connectivity index (χ1v) is 6.82. The molecular weight excluding hydrogens is 258 g/mol. The maximum atomic E-state index is 11.0. The average molecular weight is 275 g/mol. The Hall–Kier alpha value is -2.01. The summed E-state index contributed by atoms with van der Waals surface area (Å²) in [6, 6.07) is 10.0. The van der Waals surface area contributed by atoms with Crippen LogP contribution < -0.4 is 16.0 Å². The molecule has 2 aromatic rings. The van der Waals surface area contributed by atoms with Gasteiger partial charge in [-0.3, -0.25) is 4.79 Å². The molecule has 0 atom stereocenters. The zero-order valence-electron chi connectivity index (χ0n) is 11.0. The number of hydrogen-bond donors (Lipinski definition) is 2. The molecule has 0 saturated carbocycles.